The zero-order chi connectivity index (χ0) is 8.43. The van der Waals surface area contributed by atoms with Gasteiger partial charge in [-0.1, -0.05) is 29.8 Å². The molecule has 0 bridgehead atoms. The average Bonchev–Trinajstić information content (AvgIpc) is 1.94. The summed E-state index contributed by atoms with van der Waals surface area (Å²) in [5.74, 6) is 0. The van der Waals surface area contributed by atoms with Crippen LogP contribution >= 0.6 is 23.2 Å². The molecule has 0 aliphatic carbocycles. The third-order valence-electron chi connectivity index (χ3n) is 1.25. The Morgan fingerprint density at radius 1 is 1.45 bits per heavy atom. The Morgan fingerprint density at radius 3 is 2.55 bits per heavy atom. The van der Waals surface area contributed by atoms with Gasteiger partial charge in [-0.3, -0.25) is 4.98 Å². The van der Waals surface area contributed by atoms with E-state index in [1.807, 2.05) is 6.92 Å². The van der Waals surface area contributed by atoms with Gasteiger partial charge in [0.25, 0.3) is 0 Å². The number of hydrogen-bond donors (Lipinski definition) is 0. The molecule has 0 aliphatic heterocycles. The molecule has 0 unspecified atom stereocenters. The van der Waals surface area contributed by atoms with Gasteiger partial charge in [-0.2, -0.15) is 0 Å². The van der Waals surface area contributed by atoms with E-state index in [4.69, 9.17) is 23.2 Å². The smallest absolute Gasteiger partial charge is 0.0775 e. The summed E-state index contributed by atoms with van der Waals surface area (Å²) in [5, 5.41) is 0.983. The van der Waals surface area contributed by atoms with Gasteiger partial charge in [0.15, 0.2) is 0 Å². The molecule has 3 heteroatoms. The average molecular weight is 188 g/mol. The highest BCUT2D eigenvalue weighted by atomic mass is 35.5. The third-order valence-corrected chi connectivity index (χ3v) is 1.96. The third kappa shape index (κ3) is 1.95. The Balaban J connectivity index is 3.15. The number of nitrogens with zero attached hydrogens (tertiary/aromatic N) is 1. The second-order valence-corrected chi connectivity index (χ2v) is 3.08. The van der Waals surface area contributed by atoms with Crippen molar-refractivity contribution in [1.82, 2.24) is 4.98 Å². The fraction of sp³-hybridized carbons (Fsp3) is 0.125. The standard InChI is InChI=1S/C8H7Cl2N/c1-5(2)8-3-6(9)7(10)4-11-8/h3-4H,1H2,2H3. The van der Waals surface area contributed by atoms with Crippen molar-refractivity contribution in [1.29, 1.82) is 0 Å². The molecule has 0 radical (unpaired) electrons. The molecule has 1 aromatic rings. The number of allylic oxidation sites excluding steroid dienone is 1. The van der Waals surface area contributed by atoms with E-state index < -0.39 is 0 Å². The Labute approximate surface area is 75.7 Å². The zero-order valence-electron chi connectivity index (χ0n) is 6.06. The van der Waals surface area contributed by atoms with E-state index in [1.165, 1.54) is 6.20 Å². The number of aromatic nitrogens is 1. The van der Waals surface area contributed by atoms with Gasteiger partial charge in [0.1, 0.15) is 0 Å². The minimum Gasteiger partial charge on any atom is -0.255 e. The largest absolute Gasteiger partial charge is 0.255 e. The normalized spacial score (nSPS) is 9.73. The summed E-state index contributed by atoms with van der Waals surface area (Å²) in [7, 11) is 0. The Kier molecular flexibility index (Phi) is 2.53. The monoisotopic (exact) mass is 187 g/mol. The molecule has 0 saturated heterocycles. The van der Waals surface area contributed by atoms with Crippen LogP contribution < -0.4 is 0 Å². The van der Waals surface area contributed by atoms with Crippen LogP contribution in [0.15, 0.2) is 18.8 Å². The van der Waals surface area contributed by atoms with Gasteiger partial charge in [0, 0.05) is 6.20 Å². The van der Waals surface area contributed by atoms with Crippen LogP contribution in [0.4, 0.5) is 0 Å². The van der Waals surface area contributed by atoms with Gasteiger partial charge in [0.2, 0.25) is 0 Å². The SMILES string of the molecule is C=C(C)c1cc(Cl)c(Cl)cn1. The molecule has 11 heavy (non-hydrogen) atoms. The second kappa shape index (κ2) is 3.24. The van der Waals surface area contributed by atoms with Crippen LogP contribution in [0.25, 0.3) is 5.57 Å². The Morgan fingerprint density at radius 2 is 2.09 bits per heavy atom. The molecular weight excluding hydrogens is 181 g/mol. The van der Waals surface area contributed by atoms with Gasteiger partial charge in [0.05, 0.1) is 15.7 Å². The van der Waals surface area contributed by atoms with Crippen molar-refractivity contribution in [3.63, 3.8) is 0 Å². The van der Waals surface area contributed by atoms with Crippen molar-refractivity contribution in [3.8, 4) is 0 Å². The number of pyridine rings is 1. The van der Waals surface area contributed by atoms with E-state index in [9.17, 15) is 0 Å². The van der Waals surface area contributed by atoms with Crippen LogP contribution in [-0.4, -0.2) is 4.98 Å². The van der Waals surface area contributed by atoms with Gasteiger partial charge < -0.3 is 0 Å². The quantitative estimate of drug-likeness (QED) is 0.657. The lowest BCUT2D eigenvalue weighted by atomic mass is 10.2. The van der Waals surface area contributed by atoms with E-state index >= 15 is 0 Å². The molecule has 1 nitrogen and oxygen atoms in total. The first kappa shape index (κ1) is 8.57. The summed E-state index contributed by atoms with van der Waals surface area (Å²) in [6.07, 6.45) is 1.52. The van der Waals surface area contributed by atoms with Gasteiger partial charge in [-0.25, -0.2) is 0 Å². The molecule has 0 N–H and O–H groups in total. The maximum absolute atomic E-state index is 5.74. The van der Waals surface area contributed by atoms with Crippen molar-refractivity contribution < 1.29 is 0 Å². The minimum atomic E-state index is 0.469. The first-order chi connectivity index (χ1) is 5.11. The van der Waals surface area contributed by atoms with Crippen LogP contribution in [-0.2, 0) is 0 Å². The molecule has 0 amide bonds. The van der Waals surface area contributed by atoms with Gasteiger partial charge in [-0.15, -0.1) is 0 Å². The van der Waals surface area contributed by atoms with Gasteiger partial charge in [-0.05, 0) is 18.6 Å². The van der Waals surface area contributed by atoms with E-state index in [2.05, 4.69) is 11.6 Å². The van der Waals surface area contributed by atoms with Crippen LogP contribution in [0.3, 0.4) is 0 Å². The predicted molar refractivity (Wildman–Crippen MR) is 49.0 cm³/mol. The number of rotatable bonds is 1. The first-order valence-electron chi connectivity index (χ1n) is 3.08. The van der Waals surface area contributed by atoms with Crippen molar-refractivity contribution in [2.75, 3.05) is 0 Å². The molecule has 0 aliphatic rings. The second-order valence-electron chi connectivity index (χ2n) is 2.26. The van der Waals surface area contributed by atoms with Crippen LogP contribution in [0.2, 0.25) is 10.0 Å². The lowest BCUT2D eigenvalue weighted by Gasteiger charge is -1.99. The highest BCUT2D eigenvalue weighted by Crippen LogP contribution is 2.22. The fourth-order valence-corrected chi connectivity index (χ4v) is 0.903. The maximum Gasteiger partial charge on any atom is 0.0775 e. The van der Waals surface area contributed by atoms with E-state index in [0.717, 1.165) is 11.3 Å². The zero-order valence-corrected chi connectivity index (χ0v) is 7.58. The van der Waals surface area contributed by atoms with E-state index in [1.54, 1.807) is 6.07 Å². The summed E-state index contributed by atoms with van der Waals surface area (Å²) in [5.41, 5.74) is 1.66. The molecular formula is C8H7Cl2N. The van der Waals surface area contributed by atoms with Crippen LogP contribution in [0, 0.1) is 0 Å². The highest BCUT2D eigenvalue weighted by Gasteiger charge is 2.00. The molecule has 0 aromatic carbocycles. The van der Waals surface area contributed by atoms with Gasteiger partial charge >= 0.3 is 0 Å². The fourth-order valence-electron chi connectivity index (χ4n) is 0.648. The lowest BCUT2D eigenvalue weighted by molar-refractivity contribution is 1.27. The number of hydrogen-bond acceptors (Lipinski definition) is 1. The summed E-state index contributed by atoms with van der Waals surface area (Å²) >= 11 is 11.4. The molecule has 0 spiro atoms. The van der Waals surface area contributed by atoms with E-state index in [0.29, 0.717) is 10.0 Å². The summed E-state index contributed by atoms with van der Waals surface area (Å²) in [6.45, 7) is 5.60. The van der Waals surface area contributed by atoms with Crippen molar-refractivity contribution >= 4 is 28.8 Å². The summed E-state index contributed by atoms with van der Waals surface area (Å²) in [6, 6.07) is 1.70. The Hall–Kier alpha value is -0.530. The first-order valence-corrected chi connectivity index (χ1v) is 3.84. The highest BCUT2D eigenvalue weighted by molar-refractivity contribution is 6.41. The molecule has 0 fully saturated rings. The molecule has 1 rings (SSSR count). The van der Waals surface area contributed by atoms with Crippen LogP contribution in [0.1, 0.15) is 12.6 Å². The predicted octanol–water partition coefficient (Wildman–Crippen LogP) is 3.42. The topological polar surface area (TPSA) is 12.9 Å². The van der Waals surface area contributed by atoms with Crippen molar-refractivity contribution in [2.45, 2.75) is 6.92 Å². The molecule has 0 atom stereocenters. The van der Waals surface area contributed by atoms with Crippen LogP contribution in [0.5, 0.6) is 0 Å². The summed E-state index contributed by atoms with van der Waals surface area (Å²) in [4.78, 5) is 4.02. The van der Waals surface area contributed by atoms with Crippen molar-refractivity contribution in [2.24, 2.45) is 0 Å². The number of halogens is 2. The molecule has 1 aromatic heterocycles. The molecule has 0 saturated carbocycles. The summed E-state index contributed by atoms with van der Waals surface area (Å²) < 4.78 is 0. The molecule has 58 valence electrons. The maximum atomic E-state index is 5.74. The lowest BCUT2D eigenvalue weighted by Crippen LogP contribution is -1.84. The van der Waals surface area contributed by atoms with E-state index in [-0.39, 0.29) is 0 Å². The van der Waals surface area contributed by atoms with Crippen molar-refractivity contribution in [3.05, 3.63) is 34.6 Å². The molecule has 1 heterocycles. The Bertz CT molecular complexity index is 294. The minimum absolute atomic E-state index is 0.469.